The van der Waals surface area contributed by atoms with Gasteiger partial charge in [0.25, 0.3) is 0 Å². The van der Waals surface area contributed by atoms with Gasteiger partial charge in [0.05, 0.1) is 4.92 Å². The summed E-state index contributed by atoms with van der Waals surface area (Å²) in [6.07, 6.45) is 0. The van der Waals surface area contributed by atoms with Crippen LogP contribution in [0.1, 0.15) is 5.56 Å². The molecule has 0 atom stereocenters. The minimum Gasteiger partial charge on any atom is -0.298 e. The van der Waals surface area contributed by atoms with Crippen molar-refractivity contribution in [2.24, 2.45) is 0 Å². The van der Waals surface area contributed by atoms with Crippen LogP contribution in [0.5, 0.6) is 5.75 Å². The zero-order chi connectivity index (χ0) is 9.14. The molecule has 0 saturated carbocycles. The third-order valence-electron chi connectivity index (χ3n) is 1.40. The largest absolute Gasteiger partial charge is 0.315 e. The van der Waals surface area contributed by atoms with Gasteiger partial charge < -0.3 is 0 Å². The molecule has 0 spiro atoms. The average Bonchev–Trinajstić information content (AvgIpc) is 2.04. The molecule has 63 valence electrons. The topological polar surface area (TPSA) is 72.3 Å². The molecule has 0 heterocycles. The third-order valence-corrected chi connectivity index (χ3v) is 1.40. The first-order chi connectivity index (χ1) is 5.65. The van der Waals surface area contributed by atoms with Crippen molar-refractivity contribution in [3.8, 4) is 5.75 Å². The lowest BCUT2D eigenvalue weighted by Crippen LogP contribution is -1.93. The molecule has 0 unspecified atom stereocenters. The van der Waals surface area contributed by atoms with Gasteiger partial charge in [0.15, 0.2) is 0 Å². The molecule has 5 heteroatoms. The molecule has 0 saturated heterocycles. The van der Waals surface area contributed by atoms with Gasteiger partial charge in [-0.2, -0.15) is 0 Å². The summed E-state index contributed by atoms with van der Waals surface area (Å²) in [5.74, 6) is -0.259. The maximum Gasteiger partial charge on any atom is 0.315 e. The Labute approximate surface area is 68.3 Å². The maximum absolute atomic E-state index is 10.3. The maximum atomic E-state index is 10.3. The van der Waals surface area contributed by atoms with Crippen LogP contribution in [0.15, 0.2) is 18.2 Å². The average molecular weight is 168 g/mol. The highest BCUT2D eigenvalue weighted by Crippen LogP contribution is 2.26. The van der Waals surface area contributed by atoms with Gasteiger partial charge in [0.2, 0.25) is 5.75 Å². The quantitative estimate of drug-likeness (QED) is 0.382. The van der Waals surface area contributed by atoms with E-state index in [1.165, 1.54) is 12.1 Å². The minimum atomic E-state index is -0.653. The number of rotatable bonds is 2. The summed E-state index contributed by atoms with van der Waals surface area (Å²) in [7, 11) is 0. The number of benzene rings is 1. The number of nitro benzene ring substituents is 1. The number of nitrogens with zero attached hydrogens (tertiary/aromatic N) is 1. The molecule has 1 aromatic rings. The van der Waals surface area contributed by atoms with E-state index in [2.05, 4.69) is 4.89 Å². The first kappa shape index (κ1) is 8.48. The minimum absolute atomic E-state index is 0.259. The van der Waals surface area contributed by atoms with Crippen molar-refractivity contribution >= 4 is 5.69 Å². The van der Waals surface area contributed by atoms with Crippen LogP contribution in [0.3, 0.4) is 0 Å². The van der Waals surface area contributed by atoms with Crippen LogP contribution in [0.4, 0.5) is 5.69 Å². The van der Waals surface area contributed by atoms with Crippen molar-refractivity contribution < 1.29 is 15.1 Å². The fraction of sp³-hybridized carbons (Fsp3) is 0.143. The lowest BCUT2D eigenvalue weighted by atomic mass is 10.2. The SMILES string of the molecule is Cc1ccc(O[O])c([N+](=O)[O-])c1. The molecule has 0 fully saturated rings. The van der Waals surface area contributed by atoms with Gasteiger partial charge in [-0.05, 0) is 18.6 Å². The second-order valence-electron chi connectivity index (χ2n) is 2.31. The smallest absolute Gasteiger partial charge is 0.298 e. The lowest BCUT2D eigenvalue weighted by Gasteiger charge is -1.97. The van der Waals surface area contributed by atoms with Crippen LogP contribution in [0.25, 0.3) is 0 Å². The number of aryl methyl sites for hydroxylation is 1. The van der Waals surface area contributed by atoms with Gasteiger partial charge in [-0.25, -0.2) is 0 Å². The monoisotopic (exact) mass is 168 g/mol. The summed E-state index contributed by atoms with van der Waals surface area (Å²) in [4.78, 5) is 13.2. The van der Waals surface area contributed by atoms with Gasteiger partial charge in [-0.15, -0.1) is 0 Å². The van der Waals surface area contributed by atoms with Crippen LogP contribution >= 0.6 is 0 Å². The Hall–Kier alpha value is -1.62. The van der Waals surface area contributed by atoms with Crippen molar-refractivity contribution in [2.75, 3.05) is 0 Å². The lowest BCUT2D eigenvalue weighted by molar-refractivity contribution is -0.389. The molecule has 0 aliphatic carbocycles. The highest BCUT2D eigenvalue weighted by molar-refractivity contribution is 5.47. The predicted octanol–water partition coefficient (Wildman–Crippen LogP) is 1.63. The Morgan fingerprint density at radius 2 is 2.17 bits per heavy atom. The van der Waals surface area contributed by atoms with Crippen LogP contribution < -0.4 is 4.89 Å². The third kappa shape index (κ3) is 1.51. The van der Waals surface area contributed by atoms with Gasteiger partial charge in [0, 0.05) is 11.3 Å². The van der Waals surface area contributed by atoms with Crippen molar-refractivity contribution in [2.45, 2.75) is 6.92 Å². The molecule has 5 nitrogen and oxygen atoms in total. The molecular formula is C7H6NO4. The standard InChI is InChI=1S/C7H6NO4/c1-5-2-3-7(12-11)6(4-5)8(9)10/h2-4H,1H3. The molecule has 0 aliphatic rings. The van der Waals surface area contributed by atoms with Crippen LogP contribution in [0, 0.1) is 17.0 Å². The molecule has 1 aromatic carbocycles. The first-order valence-corrected chi connectivity index (χ1v) is 3.20. The van der Waals surface area contributed by atoms with E-state index in [4.69, 9.17) is 0 Å². The molecule has 0 amide bonds. The summed E-state index contributed by atoms with van der Waals surface area (Å²) in [5.41, 5.74) is 0.410. The summed E-state index contributed by atoms with van der Waals surface area (Å²) in [6, 6.07) is 4.13. The summed E-state index contributed by atoms with van der Waals surface area (Å²) in [5, 5.41) is 20.3. The van der Waals surface area contributed by atoms with E-state index in [1.807, 2.05) is 0 Å². The van der Waals surface area contributed by atoms with Gasteiger partial charge >= 0.3 is 5.69 Å². The second-order valence-corrected chi connectivity index (χ2v) is 2.31. The Bertz CT molecular complexity index is 310. The Morgan fingerprint density at radius 1 is 1.50 bits per heavy atom. The highest BCUT2D eigenvalue weighted by Gasteiger charge is 2.15. The number of hydrogen-bond donors (Lipinski definition) is 0. The van der Waals surface area contributed by atoms with Crippen LogP contribution in [-0.2, 0) is 5.26 Å². The normalized spacial score (nSPS) is 9.50. The van der Waals surface area contributed by atoms with E-state index < -0.39 is 4.92 Å². The number of hydrogen-bond acceptors (Lipinski definition) is 3. The molecule has 1 rings (SSSR count). The Morgan fingerprint density at radius 3 is 2.67 bits per heavy atom. The zero-order valence-electron chi connectivity index (χ0n) is 6.31. The summed E-state index contributed by atoms with van der Waals surface area (Å²) in [6.45, 7) is 1.70. The first-order valence-electron chi connectivity index (χ1n) is 3.20. The molecule has 1 radical (unpaired) electrons. The molecular weight excluding hydrogens is 162 g/mol. The zero-order valence-corrected chi connectivity index (χ0v) is 6.31. The predicted molar refractivity (Wildman–Crippen MR) is 39.1 cm³/mol. The van der Waals surface area contributed by atoms with E-state index in [9.17, 15) is 15.4 Å². The van der Waals surface area contributed by atoms with E-state index >= 15 is 0 Å². The van der Waals surface area contributed by atoms with Crippen molar-refractivity contribution in [1.29, 1.82) is 0 Å². The highest BCUT2D eigenvalue weighted by atomic mass is 17.1. The Balaban J connectivity index is 3.21. The number of nitro groups is 1. The fourth-order valence-electron chi connectivity index (χ4n) is 0.841. The molecule has 0 aromatic heterocycles. The van der Waals surface area contributed by atoms with E-state index in [0.717, 1.165) is 0 Å². The molecule has 12 heavy (non-hydrogen) atoms. The van der Waals surface area contributed by atoms with E-state index in [1.54, 1.807) is 13.0 Å². The van der Waals surface area contributed by atoms with Crippen molar-refractivity contribution in [3.05, 3.63) is 33.9 Å². The van der Waals surface area contributed by atoms with Gasteiger partial charge in [-0.1, -0.05) is 6.07 Å². The van der Waals surface area contributed by atoms with Gasteiger partial charge in [0.1, 0.15) is 0 Å². The summed E-state index contributed by atoms with van der Waals surface area (Å²) >= 11 is 0. The van der Waals surface area contributed by atoms with Crippen LogP contribution in [-0.4, -0.2) is 4.92 Å². The molecule has 0 bridgehead atoms. The molecule has 0 aliphatic heterocycles. The van der Waals surface area contributed by atoms with Gasteiger partial charge in [-0.3, -0.25) is 15.0 Å². The molecule has 0 N–H and O–H groups in total. The van der Waals surface area contributed by atoms with Crippen molar-refractivity contribution in [3.63, 3.8) is 0 Å². The van der Waals surface area contributed by atoms with Crippen LogP contribution in [0.2, 0.25) is 0 Å². The fourth-order valence-corrected chi connectivity index (χ4v) is 0.841. The second kappa shape index (κ2) is 3.19. The van der Waals surface area contributed by atoms with Crippen molar-refractivity contribution in [1.82, 2.24) is 0 Å². The Kier molecular flexibility index (Phi) is 2.25. The van der Waals surface area contributed by atoms with E-state index in [-0.39, 0.29) is 11.4 Å². The summed E-state index contributed by atoms with van der Waals surface area (Å²) < 4.78 is 0. The van der Waals surface area contributed by atoms with E-state index in [0.29, 0.717) is 5.56 Å².